The third-order valence-corrected chi connectivity index (χ3v) is 4.25. The van der Waals surface area contributed by atoms with E-state index in [0.717, 1.165) is 6.42 Å². The smallest absolute Gasteiger partial charge is 0.337 e. The molecule has 0 bridgehead atoms. The summed E-state index contributed by atoms with van der Waals surface area (Å²) in [6, 6.07) is 6.95. The highest BCUT2D eigenvalue weighted by Crippen LogP contribution is 2.17. The zero-order valence-corrected chi connectivity index (χ0v) is 13.5. The Hall–Kier alpha value is -2.21. The molecule has 0 spiro atoms. The second-order valence-electron chi connectivity index (χ2n) is 5.23. The van der Waals surface area contributed by atoms with Crippen molar-refractivity contribution in [1.29, 1.82) is 0 Å². The molecule has 2 rings (SSSR count). The molecule has 2 aromatic heterocycles. The van der Waals surface area contributed by atoms with Crippen LogP contribution in [0.25, 0.3) is 0 Å². The summed E-state index contributed by atoms with van der Waals surface area (Å²) in [4.78, 5) is 29.6. The van der Waals surface area contributed by atoms with Crippen LogP contribution in [0.4, 0.5) is 0 Å². The van der Waals surface area contributed by atoms with Gasteiger partial charge < -0.3 is 10.4 Å². The number of hydrogen-bond acceptors (Lipinski definition) is 4. The van der Waals surface area contributed by atoms with Crippen molar-refractivity contribution >= 4 is 23.2 Å². The molecule has 2 N–H and O–H groups in total. The molecule has 6 heteroatoms. The molecule has 0 aliphatic carbocycles. The molecule has 0 aliphatic rings. The maximum Gasteiger partial charge on any atom is 0.337 e. The average Bonchev–Trinajstić information content (AvgIpc) is 2.83. The molecular formula is C16H18N2O3S. The normalized spacial score (nSPS) is 12.0. The van der Waals surface area contributed by atoms with Crippen LogP contribution in [0.1, 0.15) is 43.2 Å². The molecule has 2 aromatic rings. The van der Waals surface area contributed by atoms with Crippen molar-refractivity contribution in [2.45, 2.75) is 33.2 Å². The zero-order chi connectivity index (χ0) is 16.3. The lowest BCUT2D eigenvalue weighted by molar-refractivity contribution is 0.0694. The lowest BCUT2D eigenvalue weighted by Crippen LogP contribution is -2.34. The Bertz CT molecular complexity index is 709. The van der Waals surface area contributed by atoms with Gasteiger partial charge >= 0.3 is 5.97 Å². The van der Waals surface area contributed by atoms with E-state index in [9.17, 15) is 9.59 Å². The van der Waals surface area contributed by atoms with E-state index in [2.05, 4.69) is 22.4 Å². The van der Waals surface area contributed by atoms with Gasteiger partial charge in [0.2, 0.25) is 0 Å². The number of aryl methyl sites for hydroxylation is 2. The highest BCUT2D eigenvalue weighted by Gasteiger charge is 2.15. The SMILES string of the molecule is Cc1ccc(C[C@H](C)NC(=O)c2ccc(C(=O)O)c(C)n2)s1. The molecule has 1 atom stereocenters. The van der Waals surface area contributed by atoms with Crippen LogP contribution in [0.3, 0.4) is 0 Å². The number of nitrogens with zero attached hydrogens (tertiary/aromatic N) is 1. The highest BCUT2D eigenvalue weighted by molar-refractivity contribution is 7.11. The number of pyridine rings is 1. The number of carboxylic acid groups (broad SMARTS) is 1. The number of rotatable bonds is 5. The molecule has 0 aliphatic heterocycles. The average molecular weight is 318 g/mol. The van der Waals surface area contributed by atoms with Crippen LogP contribution in [0.5, 0.6) is 0 Å². The van der Waals surface area contributed by atoms with Crippen LogP contribution < -0.4 is 5.32 Å². The third kappa shape index (κ3) is 3.92. The van der Waals surface area contributed by atoms with Crippen molar-refractivity contribution < 1.29 is 14.7 Å². The zero-order valence-electron chi connectivity index (χ0n) is 12.7. The van der Waals surface area contributed by atoms with Gasteiger partial charge in [0, 0.05) is 22.2 Å². The molecule has 1 amide bonds. The molecule has 0 saturated carbocycles. The van der Waals surface area contributed by atoms with Gasteiger partial charge in [-0.25, -0.2) is 9.78 Å². The van der Waals surface area contributed by atoms with Crippen molar-refractivity contribution in [3.63, 3.8) is 0 Å². The molecule has 0 radical (unpaired) electrons. The van der Waals surface area contributed by atoms with Crippen LogP contribution in [-0.2, 0) is 6.42 Å². The van der Waals surface area contributed by atoms with E-state index in [0.29, 0.717) is 5.69 Å². The van der Waals surface area contributed by atoms with E-state index in [-0.39, 0.29) is 23.2 Å². The first-order chi connectivity index (χ1) is 10.4. The molecule has 2 heterocycles. The summed E-state index contributed by atoms with van der Waals surface area (Å²) in [6.07, 6.45) is 0.760. The van der Waals surface area contributed by atoms with Crippen LogP contribution in [0, 0.1) is 13.8 Å². The van der Waals surface area contributed by atoms with Crippen LogP contribution in [0.2, 0.25) is 0 Å². The van der Waals surface area contributed by atoms with Gasteiger partial charge in [-0.2, -0.15) is 0 Å². The number of hydrogen-bond donors (Lipinski definition) is 2. The summed E-state index contributed by atoms with van der Waals surface area (Å²) >= 11 is 1.71. The predicted molar refractivity (Wildman–Crippen MR) is 85.6 cm³/mol. The lowest BCUT2D eigenvalue weighted by Gasteiger charge is -2.13. The van der Waals surface area contributed by atoms with Crippen molar-refractivity contribution in [2.75, 3.05) is 0 Å². The first-order valence-corrected chi connectivity index (χ1v) is 7.75. The quantitative estimate of drug-likeness (QED) is 0.888. The van der Waals surface area contributed by atoms with E-state index in [1.54, 1.807) is 18.3 Å². The number of aromatic nitrogens is 1. The second-order valence-corrected chi connectivity index (χ2v) is 6.60. The molecule has 0 unspecified atom stereocenters. The first kappa shape index (κ1) is 16.2. The summed E-state index contributed by atoms with van der Waals surface area (Å²) < 4.78 is 0. The summed E-state index contributed by atoms with van der Waals surface area (Å²) in [5, 5.41) is 11.9. The Morgan fingerprint density at radius 1 is 1.27 bits per heavy atom. The second kappa shape index (κ2) is 6.70. The minimum absolute atomic E-state index is 0.0215. The van der Waals surface area contributed by atoms with E-state index in [1.165, 1.54) is 21.9 Å². The Balaban J connectivity index is 2.02. The van der Waals surface area contributed by atoms with E-state index in [4.69, 9.17) is 5.11 Å². The number of aromatic carboxylic acids is 1. The third-order valence-electron chi connectivity index (χ3n) is 3.23. The summed E-state index contributed by atoms with van der Waals surface area (Å²) in [6.45, 7) is 5.57. The lowest BCUT2D eigenvalue weighted by atomic mass is 10.1. The van der Waals surface area contributed by atoms with Crippen molar-refractivity contribution in [3.05, 3.63) is 51.0 Å². The number of carbonyl (C=O) groups is 2. The summed E-state index contributed by atoms with van der Waals surface area (Å²) in [5.74, 6) is -1.33. The molecule has 22 heavy (non-hydrogen) atoms. The minimum atomic E-state index is -1.04. The fourth-order valence-corrected chi connectivity index (χ4v) is 3.18. The standard InChI is InChI=1S/C16H18N2O3S/c1-9(8-12-5-4-10(2)22-12)17-15(19)14-7-6-13(16(20)21)11(3)18-14/h4-7,9H,8H2,1-3H3,(H,17,19)(H,20,21)/t9-/m0/s1. The van der Waals surface area contributed by atoms with Gasteiger partial charge in [-0.1, -0.05) is 0 Å². The minimum Gasteiger partial charge on any atom is -0.478 e. The molecular weight excluding hydrogens is 300 g/mol. The maximum atomic E-state index is 12.2. The number of thiophene rings is 1. The highest BCUT2D eigenvalue weighted by atomic mass is 32.1. The van der Waals surface area contributed by atoms with Gasteiger partial charge in [-0.15, -0.1) is 11.3 Å². The number of amides is 1. The van der Waals surface area contributed by atoms with E-state index < -0.39 is 5.97 Å². The Morgan fingerprint density at radius 3 is 2.55 bits per heavy atom. The van der Waals surface area contributed by atoms with E-state index in [1.807, 2.05) is 13.8 Å². The molecule has 0 saturated heterocycles. The summed E-state index contributed by atoms with van der Waals surface area (Å²) in [7, 11) is 0. The Labute approximate surface area is 133 Å². The van der Waals surface area contributed by atoms with Gasteiger partial charge in [0.15, 0.2) is 0 Å². The monoisotopic (exact) mass is 318 g/mol. The fraction of sp³-hybridized carbons (Fsp3) is 0.312. The Kier molecular flexibility index (Phi) is 4.92. The van der Waals surface area contributed by atoms with Gasteiger partial charge in [-0.05, 0) is 45.0 Å². The Morgan fingerprint density at radius 2 is 2.00 bits per heavy atom. The number of nitrogens with one attached hydrogen (secondary N) is 1. The topological polar surface area (TPSA) is 79.3 Å². The van der Waals surface area contributed by atoms with Crippen molar-refractivity contribution in [2.24, 2.45) is 0 Å². The number of carbonyl (C=O) groups excluding carboxylic acids is 1. The van der Waals surface area contributed by atoms with Gasteiger partial charge in [0.05, 0.1) is 11.3 Å². The molecule has 116 valence electrons. The van der Waals surface area contributed by atoms with Crippen LogP contribution in [0.15, 0.2) is 24.3 Å². The van der Waals surface area contributed by atoms with Gasteiger partial charge in [-0.3, -0.25) is 4.79 Å². The largest absolute Gasteiger partial charge is 0.478 e. The number of carboxylic acids is 1. The predicted octanol–water partition coefficient (Wildman–Crippen LogP) is 2.82. The summed E-state index contributed by atoms with van der Waals surface area (Å²) in [5.41, 5.74) is 0.678. The molecule has 5 nitrogen and oxygen atoms in total. The van der Waals surface area contributed by atoms with Gasteiger partial charge in [0.25, 0.3) is 5.91 Å². The van der Waals surface area contributed by atoms with Crippen molar-refractivity contribution in [3.8, 4) is 0 Å². The molecule has 0 aromatic carbocycles. The fourth-order valence-electron chi connectivity index (χ4n) is 2.16. The van der Waals surface area contributed by atoms with Gasteiger partial charge in [0.1, 0.15) is 5.69 Å². The maximum absolute atomic E-state index is 12.2. The van der Waals surface area contributed by atoms with E-state index >= 15 is 0 Å². The van der Waals surface area contributed by atoms with Crippen molar-refractivity contribution in [1.82, 2.24) is 10.3 Å². The first-order valence-electron chi connectivity index (χ1n) is 6.94. The van der Waals surface area contributed by atoms with Crippen LogP contribution >= 0.6 is 11.3 Å². The van der Waals surface area contributed by atoms with Crippen LogP contribution in [-0.4, -0.2) is 28.0 Å². The molecule has 0 fully saturated rings.